The molecule has 58 valence electrons. The second-order valence-electron chi connectivity index (χ2n) is 2.67. The van der Waals surface area contributed by atoms with Gasteiger partial charge in [0.2, 0.25) is 0 Å². The molecule has 1 fully saturated rings. The van der Waals surface area contributed by atoms with Gasteiger partial charge in [-0.15, -0.1) is 0 Å². The van der Waals surface area contributed by atoms with E-state index in [1.54, 1.807) is 6.08 Å². The summed E-state index contributed by atoms with van der Waals surface area (Å²) in [5.41, 5.74) is 0. The third kappa shape index (κ3) is 2.12. The lowest BCUT2D eigenvalue weighted by Crippen LogP contribution is -2.04. The molecule has 2 heteroatoms. The van der Waals surface area contributed by atoms with Crippen molar-refractivity contribution in [1.29, 1.82) is 0 Å². The smallest absolute Gasteiger partial charge is 0.0761 e. The van der Waals surface area contributed by atoms with Crippen LogP contribution in [0.5, 0.6) is 0 Å². The maximum absolute atomic E-state index is 8.45. The lowest BCUT2D eigenvalue weighted by Gasteiger charge is -2.03. The summed E-state index contributed by atoms with van der Waals surface area (Å²) in [5, 5.41) is 8.45. The minimum Gasteiger partial charge on any atom is -0.392 e. The summed E-state index contributed by atoms with van der Waals surface area (Å²) >= 11 is 0. The molecule has 0 saturated carbocycles. The van der Waals surface area contributed by atoms with E-state index in [1.165, 1.54) is 0 Å². The van der Waals surface area contributed by atoms with Crippen LogP contribution in [0, 0.1) is 0 Å². The Kier molecular flexibility index (Phi) is 2.90. The first-order valence-electron chi connectivity index (χ1n) is 3.76. The first kappa shape index (κ1) is 7.76. The summed E-state index contributed by atoms with van der Waals surface area (Å²) in [6, 6.07) is 0. The van der Waals surface area contributed by atoms with E-state index >= 15 is 0 Å². The number of hydrogen-bond donors (Lipinski definition) is 1. The van der Waals surface area contributed by atoms with Gasteiger partial charge in [0.25, 0.3) is 0 Å². The summed E-state index contributed by atoms with van der Waals surface area (Å²) < 4.78 is 5.47. The zero-order valence-electron chi connectivity index (χ0n) is 6.29. The van der Waals surface area contributed by atoms with Crippen LogP contribution >= 0.6 is 0 Å². The standard InChI is InChI=1S/C8H14O2/c1-7-4-5-8(10-7)3-2-6-9/h2-3,7-9H,4-6H2,1H3/b3-2+. The van der Waals surface area contributed by atoms with Gasteiger partial charge in [0.05, 0.1) is 18.8 Å². The average Bonchev–Trinajstić information content (AvgIpc) is 2.31. The molecule has 0 aromatic carbocycles. The molecule has 0 aromatic heterocycles. The van der Waals surface area contributed by atoms with Crippen molar-refractivity contribution in [3.63, 3.8) is 0 Å². The Morgan fingerprint density at radius 2 is 2.40 bits per heavy atom. The SMILES string of the molecule is CC1CCC(/C=C/CO)O1. The fourth-order valence-electron chi connectivity index (χ4n) is 1.19. The fourth-order valence-corrected chi connectivity index (χ4v) is 1.19. The highest BCUT2D eigenvalue weighted by atomic mass is 16.5. The summed E-state index contributed by atoms with van der Waals surface area (Å²) in [5.74, 6) is 0. The fraction of sp³-hybridized carbons (Fsp3) is 0.750. The van der Waals surface area contributed by atoms with Gasteiger partial charge < -0.3 is 9.84 Å². The van der Waals surface area contributed by atoms with Crippen molar-refractivity contribution in [3.8, 4) is 0 Å². The molecule has 0 spiro atoms. The molecule has 2 unspecified atom stereocenters. The third-order valence-corrected chi connectivity index (χ3v) is 1.72. The van der Waals surface area contributed by atoms with E-state index in [0.29, 0.717) is 6.10 Å². The van der Waals surface area contributed by atoms with Gasteiger partial charge >= 0.3 is 0 Å². The van der Waals surface area contributed by atoms with Crippen molar-refractivity contribution < 1.29 is 9.84 Å². The molecule has 10 heavy (non-hydrogen) atoms. The van der Waals surface area contributed by atoms with Gasteiger partial charge in [-0.2, -0.15) is 0 Å². The van der Waals surface area contributed by atoms with Gasteiger partial charge in [0.1, 0.15) is 0 Å². The highest BCUT2D eigenvalue weighted by molar-refractivity contribution is 4.92. The molecule has 1 rings (SSSR count). The van der Waals surface area contributed by atoms with Crippen molar-refractivity contribution in [2.75, 3.05) is 6.61 Å². The molecule has 1 aliphatic rings. The third-order valence-electron chi connectivity index (χ3n) is 1.72. The van der Waals surface area contributed by atoms with Crippen LogP contribution in [-0.2, 0) is 4.74 Å². The Bertz CT molecular complexity index is 120. The number of aliphatic hydroxyl groups excluding tert-OH is 1. The quantitative estimate of drug-likeness (QED) is 0.585. The lowest BCUT2D eigenvalue weighted by molar-refractivity contribution is 0.0829. The Labute approximate surface area is 61.5 Å². The Hall–Kier alpha value is -0.340. The molecule has 0 bridgehead atoms. The van der Waals surface area contributed by atoms with Gasteiger partial charge in [-0.25, -0.2) is 0 Å². The van der Waals surface area contributed by atoms with Gasteiger partial charge in [0.15, 0.2) is 0 Å². The molecule has 0 aromatic rings. The summed E-state index contributed by atoms with van der Waals surface area (Å²) in [4.78, 5) is 0. The number of rotatable bonds is 2. The van der Waals surface area contributed by atoms with Crippen LogP contribution in [0.25, 0.3) is 0 Å². The number of ether oxygens (including phenoxy) is 1. The molecule has 0 aliphatic carbocycles. The van der Waals surface area contributed by atoms with Crippen LogP contribution in [0.1, 0.15) is 19.8 Å². The topological polar surface area (TPSA) is 29.5 Å². The minimum atomic E-state index is 0.119. The van der Waals surface area contributed by atoms with Crippen molar-refractivity contribution in [1.82, 2.24) is 0 Å². The monoisotopic (exact) mass is 142 g/mol. The lowest BCUT2D eigenvalue weighted by atomic mass is 10.2. The predicted octanol–water partition coefficient (Wildman–Crippen LogP) is 1.10. The molecule has 2 nitrogen and oxygen atoms in total. The molecule has 0 radical (unpaired) electrons. The molecule has 1 saturated heterocycles. The Balaban J connectivity index is 2.24. The van der Waals surface area contributed by atoms with Crippen LogP contribution in [0.3, 0.4) is 0 Å². The number of hydrogen-bond acceptors (Lipinski definition) is 2. The maximum atomic E-state index is 8.45. The summed E-state index contributed by atoms with van der Waals surface area (Å²) in [7, 11) is 0. The van der Waals surface area contributed by atoms with E-state index in [4.69, 9.17) is 9.84 Å². The summed E-state index contributed by atoms with van der Waals surface area (Å²) in [6.45, 7) is 2.20. The number of aliphatic hydroxyl groups is 1. The maximum Gasteiger partial charge on any atom is 0.0761 e. The van der Waals surface area contributed by atoms with E-state index in [9.17, 15) is 0 Å². The zero-order chi connectivity index (χ0) is 7.40. The van der Waals surface area contributed by atoms with Crippen LogP contribution in [0.15, 0.2) is 12.2 Å². The highest BCUT2D eigenvalue weighted by Crippen LogP contribution is 2.19. The van der Waals surface area contributed by atoms with Crippen LogP contribution < -0.4 is 0 Å². The molecule has 1 heterocycles. The van der Waals surface area contributed by atoms with E-state index in [2.05, 4.69) is 6.92 Å². The van der Waals surface area contributed by atoms with Crippen LogP contribution in [0.2, 0.25) is 0 Å². The molecule has 1 aliphatic heterocycles. The molecule has 1 N–H and O–H groups in total. The molecule has 2 atom stereocenters. The van der Waals surface area contributed by atoms with E-state index < -0.39 is 0 Å². The first-order valence-corrected chi connectivity index (χ1v) is 3.76. The predicted molar refractivity (Wildman–Crippen MR) is 39.8 cm³/mol. The second kappa shape index (κ2) is 3.74. The molecular weight excluding hydrogens is 128 g/mol. The van der Waals surface area contributed by atoms with Gasteiger partial charge in [-0.1, -0.05) is 12.2 Å². The largest absolute Gasteiger partial charge is 0.392 e. The Morgan fingerprint density at radius 3 is 2.90 bits per heavy atom. The van der Waals surface area contributed by atoms with Crippen molar-refractivity contribution in [3.05, 3.63) is 12.2 Å². The van der Waals surface area contributed by atoms with Crippen LogP contribution in [0.4, 0.5) is 0 Å². The second-order valence-corrected chi connectivity index (χ2v) is 2.67. The Morgan fingerprint density at radius 1 is 1.60 bits per heavy atom. The van der Waals surface area contributed by atoms with Crippen molar-refractivity contribution >= 4 is 0 Å². The highest BCUT2D eigenvalue weighted by Gasteiger charge is 2.18. The molecular formula is C8H14O2. The molecule has 0 amide bonds. The average molecular weight is 142 g/mol. The van der Waals surface area contributed by atoms with Crippen molar-refractivity contribution in [2.45, 2.75) is 32.0 Å². The zero-order valence-corrected chi connectivity index (χ0v) is 6.29. The van der Waals surface area contributed by atoms with Gasteiger partial charge in [-0.3, -0.25) is 0 Å². The van der Waals surface area contributed by atoms with E-state index in [1.807, 2.05) is 6.08 Å². The van der Waals surface area contributed by atoms with Crippen molar-refractivity contribution in [2.24, 2.45) is 0 Å². The normalized spacial score (nSPS) is 33.8. The van der Waals surface area contributed by atoms with Gasteiger partial charge in [0, 0.05) is 0 Å². The van der Waals surface area contributed by atoms with E-state index in [-0.39, 0.29) is 12.7 Å². The van der Waals surface area contributed by atoms with E-state index in [0.717, 1.165) is 12.8 Å². The minimum absolute atomic E-state index is 0.119. The first-order chi connectivity index (χ1) is 4.83. The summed E-state index contributed by atoms with van der Waals surface area (Å²) in [6.07, 6.45) is 6.56. The van der Waals surface area contributed by atoms with Crippen LogP contribution in [-0.4, -0.2) is 23.9 Å². The van der Waals surface area contributed by atoms with Gasteiger partial charge in [-0.05, 0) is 19.8 Å².